The molecule has 0 saturated heterocycles. The molecule has 0 radical (unpaired) electrons. The van der Waals surface area contributed by atoms with E-state index < -0.39 is 6.04 Å². The Balaban J connectivity index is 1.55. The topological polar surface area (TPSA) is 97.3 Å². The minimum Gasteiger partial charge on any atom is -0.495 e. The van der Waals surface area contributed by atoms with E-state index in [0.29, 0.717) is 44.8 Å². The number of fused-ring (bicyclic) bond motifs is 1. The highest BCUT2D eigenvalue weighted by Crippen LogP contribution is 2.38. The second-order valence-corrected chi connectivity index (χ2v) is 8.88. The van der Waals surface area contributed by atoms with Gasteiger partial charge in [-0.2, -0.15) is 5.10 Å². The Morgan fingerprint density at radius 2 is 1.65 bits per heavy atom. The number of aromatic nitrogens is 2. The number of amides is 2. The van der Waals surface area contributed by atoms with Crippen molar-refractivity contribution in [1.82, 2.24) is 9.78 Å². The zero-order chi connectivity index (χ0) is 25.9. The van der Waals surface area contributed by atoms with Gasteiger partial charge in [-0.25, -0.2) is 4.68 Å². The van der Waals surface area contributed by atoms with E-state index in [1.807, 2.05) is 54.6 Å². The van der Waals surface area contributed by atoms with Crippen LogP contribution in [-0.4, -0.2) is 28.7 Å². The average molecular weight is 514 g/mol. The third-order valence-electron chi connectivity index (χ3n) is 6.09. The largest absolute Gasteiger partial charge is 0.495 e. The van der Waals surface area contributed by atoms with E-state index in [4.69, 9.17) is 16.3 Å². The van der Waals surface area contributed by atoms with Gasteiger partial charge in [0.05, 0.1) is 24.6 Å². The van der Waals surface area contributed by atoms with Crippen LogP contribution in [0.2, 0.25) is 5.02 Å². The van der Waals surface area contributed by atoms with Crippen LogP contribution in [-0.2, 0) is 4.79 Å². The van der Waals surface area contributed by atoms with E-state index in [2.05, 4.69) is 21.0 Å². The number of nitrogens with zero attached hydrogens (tertiary/aromatic N) is 2. The molecule has 186 valence electrons. The highest BCUT2D eigenvalue weighted by Gasteiger charge is 2.35. The number of halogens is 1. The Morgan fingerprint density at radius 1 is 0.946 bits per heavy atom. The molecule has 1 aliphatic heterocycles. The van der Waals surface area contributed by atoms with E-state index in [1.165, 1.54) is 6.20 Å². The summed E-state index contributed by atoms with van der Waals surface area (Å²) >= 11 is 6.15. The fourth-order valence-corrected chi connectivity index (χ4v) is 4.45. The number of ether oxygens (including phenoxy) is 1. The number of nitrogens with one attached hydrogen (secondary N) is 3. The zero-order valence-corrected chi connectivity index (χ0v) is 20.9. The van der Waals surface area contributed by atoms with Crippen molar-refractivity contribution in [2.45, 2.75) is 13.0 Å². The minimum absolute atomic E-state index is 0.315. The first kappa shape index (κ1) is 24.1. The summed E-state index contributed by atoms with van der Waals surface area (Å²) in [6, 6.07) is 23.0. The number of benzene rings is 3. The van der Waals surface area contributed by atoms with Crippen LogP contribution >= 0.6 is 11.6 Å². The first-order valence-electron chi connectivity index (χ1n) is 11.6. The Bertz CT molecular complexity index is 1500. The summed E-state index contributed by atoms with van der Waals surface area (Å²) in [6.07, 6.45) is 1.50. The molecule has 2 heterocycles. The average Bonchev–Trinajstić information content (AvgIpc) is 3.33. The molecule has 0 fully saturated rings. The third-order valence-corrected chi connectivity index (χ3v) is 6.34. The lowest BCUT2D eigenvalue weighted by atomic mass is 9.94. The summed E-state index contributed by atoms with van der Waals surface area (Å²) in [5.74, 6) is 0.385. The Kier molecular flexibility index (Phi) is 6.66. The maximum Gasteiger partial charge on any atom is 0.261 e. The summed E-state index contributed by atoms with van der Waals surface area (Å²) in [7, 11) is 1.55. The smallest absolute Gasteiger partial charge is 0.261 e. The molecule has 1 atom stereocenters. The third kappa shape index (κ3) is 4.79. The normalized spacial score (nSPS) is 14.4. The summed E-state index contributed by atoms with van der Waals surface area (Å²) < 4.78 is 7.04. The van der Waals surface area contributed by atoms with Crippen molar-refractivity contribution in [3.8, 4) is 5.75 Å². The molecule has 8 nitrogen and oxygen atoms in total. The van der Waals surface area contributed by atoms with Gasteiger partial charge in [-0.1, -0.05) is 54.1 Å². The van der Waals surface area contributed by atoms with Crippen LogP contribution in [0.25, 0.3) is 0 Å². The number of para-hydroxylation sites is 3. The van der Waals surface area contributed by atoms with Crippen molar-refractivity contribution in [3.05, 3.63) is 112 Å². The van der Waals surface area contributed by atoms with Crippen molar-refractivity contribution in [1.29, 1.82) is 0 Å². The first-order chi connectivity index (χ1) is 18.0. The van der Waals surface area contributed by atoms with Crippen LogP contribution in [0.5, 0.6) is 5.75 Å². The number of rotatable bonds is 6. The molecule has 0 unspecified atom stereocenters. The standard InChI is InChI=1S/C28H24ClN5O3/c1-17-24(28(36)33-22-10-6-7-11-23(22)37-2)25(18-12-14-19(29)15-13-18)34-26(31-17)21(16-30-34)27(35)32-20-8-4-3-5-9-20/h3-16,25,31H,1-2H3,(H,32,35)(H,33,36)/t25-/m1/s1. The lowest BCUT2D eigenvalue weighted by Gasteiger charge is -2.30. The van der Waals surface area contributed by atoms with Crippen LogP contribution in [0.3, 0.4) is 0 Å². The highest BCUT2D eigenvalue weighted by molar-refractivity contribution is 6.30. The van der Waals surface area contributed by atoms with Gasteiger partial charge in [-0.15, -0.1) is 0 Å². The number of hydrogen-bond acceptors (Lipinski definition) is 5. The molecule has 1 aliphatic rings. The molecule has 2 amide bonds. The number of methoxy groups -OCH3 is 1. The molecular formula is C28H24ClN5O3. The fraction of sp³-hybridized carbons (Fsp3) is 0.107. The lowest BCUT2D eigenvalue weighted by Crippen LogP contribution is -2.32. The molecule has 37 heavy (non-hydrogen) atoms. The molecule has 9 heteroatoms. The molecule has 3 N–H and O–H groups in total. The van der Waals surface area contributed by atoms with Gasteiger partial charge >= 0.3 is 0 Å². The van der Waals surface area contributed by atoms with Crippen molar-refractivity contribution >= 4 is 40.6 Å². The summed E-state index contributed by atoms with van der Waals surface area (Å²) in [6.45, 7) is 1.80. The fourth-order valence-electron chi connectivity index (χ4n) is 4.33. The molecule has 5 rings (SSSR count). The molecule has 0 spiro atoms. The predicted molar refractivity (Wildman–Crippen MR) is 144 cm³/mol. The van der Waals surface area contributed by atoms with Gasteiger partial charge in [0, 0.05) is 16.4 Å². The van der Waals surface area contributed by atoms with Crippen molar-refractivity contribution in [2.75, 3.05) is 23.1 Å². The predicted octanol–water partition coefficient (Wildman–Crippen LogP) is 5.73. The van der Waals surface area contributed by atoms with Gasteiger partial charge in [0.1, 0.15) is 23.2 Å². The maximum atomic E-state index is 13.7. The number of hydrogen-bond donors (Lipinski definition) is 3. The van der Waals surface area contributed by atoms with Crippen molar-refractivity contribution in [2.24, 2.45) is 0 Å². The molecule has 0 aliphatic carbocycles. The molecular weight excluding hydrogens is 490 g/mol. The second-order valence-electron chi connectivity index (χ2n) is 8.44. The zero-order valence-electron chi connectivity index (χ0n) is 20.2. The molecule has 0 saturated carbocycles. The van der Waals surface area contributed by atoms with Gasteiger partial charge in [0.15, 0.2) is 0 Å². The van der Waals surface area contributed by atoms with Crippen LogP contribution in [0.1, 0.15) is 28.9 Å². The van der Waals surface area contributed by atoms with E-state index in [1.54, 1.807) is 43.0 Å². The van der Waals surface area contributed by atoms with Crippen molar-refractivity contribution in [3.63, 3.8) is 0 Å². The van der Waals surface area contributed by atoms with E-state index in [0.717, 1.165) is 5.56 Å². The summed E-state index contributed by atoms with van der Waals surface area (Å²) in [4.78, 5) is 26.8. The van der Waals surface area contributed by atoms with Gasteiger partial charge in [-0.3, -0.25) is 9.59 Å². The van der Waals surface area contributed by atoms with Crippen LogP contribution < -0.4 is 20.7 Å². The minimum atomic E-state index is -0.610. The molecule has 4 aromatic rings. The summed E-state index contributed by atoms with van der Waals surface area (Å²) in [5.41, 5.74) is 3.38. The lowest BCUT2D eigenvalue weighted by molar-refractivity contribution is -0.113. The number of anilines is 3. The summed E-state index contributed by atoms with van der Waals surface area (Å²) in [5, 5.41) is 14.2. The van der Waals surface area contributed by atoms with Gasteiger partial charge in [0.2, 0.25) is 0 Å². The monoisotopic (exact) mass is 513 g/mol. The Hall–Kier alpha value is -4.56. The molecule has 0 bridgehead atoms. The van der Waals surface area contributed by atoms with E-state index in [9.17, 15) is 9.59 Å². The SMILES string of the molecule is COc1ccccc1NC(=O)C1=C(C)Nc2c(C(=O)Nc3ccccc3)cnn2[C@@H]1c1ccc(Cl)cc1. The van der Waals surface area contributed by atoms with E-state index in [-0.39, 0.29) is 11.8 Å². The Labute approximate surface area is 218 Å². The van der Waals surface area contributed by atoms with Gasteiger partial charge < -0.3 is 20.7 Å². The van der Waals surface area contributed by atoms with Crippen LogP contribution in [0, 0.1) is 0 Å². The number of allylic oxidation sites excluding steroid dienone is 1. The first-order valence-corrected chi connectivity index (χ1v) is 12.0. The van der Waals surface area contributed by atoms with Crippen LogP contribution in [0.4, 0.5) is 17.2 Å². The van der Waals surface area contributed by atoms with Crippen molar-refractivity contribution < 1.29 is 14.3 Å². The molecule has 1 aromatic heterocycles. The number of carbonyl (C=O) groups is 2. The van der Waals surface area contributed by atoms with Gasteiger partial charge in [0.25, 0.3) is 11.8 Å². The maximum absolute atomic E-state index is 13.7. The number of carbonyl (C=O) groups excluding carboxylic acids is 2. The van der Waals surface area contributed by atoms with E-state index >= 15 is 0 Å². The van der Waals surface area contributed by atoms with Crippen LogP contribution in [0.15, 0.2) is 96.3 Å². The Morgan fingerprint density at radius 3 is 2.38 bits per heavy atom. The quantitative estimate of drug-likeness (QED) is 0.306. The van der Waals surface area contributed by atoms with Gasteiger partial charge in [-0.05, 0) is 48.9 Å². The molecule has 3 aromatic carbocycles. The highest BCUT2D eigenvalue weighted by atomic mass is 35.5. The second kappa shape index (κ2) is 10.2.